The Kier molecular flexibility index (Phi) is 4.33. The van der Waals surface area contributed by atoms with E-state index in [0.29, 0.717) is 5.92 Å². The van der Waals surface area contributed by atoms with Crippen molar-refractivity contribution in [2.24, 2.45) is 11.8 Å². The van der Waals surface area contributed by atoms with Gasteiger partial charge in [0.15, 0.2) is 0 Å². The van der Waals surface area contributed by atoms with Crippen LogP contribution in [0.4, 0.5) is 0 Å². The first-order valence-corrected chi connectivity index (χ1v) is 6.39. The summed E-state index contributed by atoms with van der Waals surface area (Å²) in [5, 5.41) is 15.5. The molecule has 0 aliphatic carbocycles. The molecule has 2 atom stereocenters. The lowest BCUT2D eigenvalue weighted by atomic mass is 9.88. The van der Waals surface area contributed by atoms with E-state index in [1.54, 1.807) is 0 Å². The molecule has 0 aromatic heterocycles. The Labute approximate surface area is 107 Å². The first kappa shape index (κ1) is 13.1. The number of carbonyl (C=O) groups excluding carboxylic acids is 1. The topological polar surface area (TPSA) is 61.4 Å². The molecule has 0 saturated carbocycles. The van der Waals surface area contributed by atoms with Gasteiger partial charge in [0.25, 0.3) is 0 Å². The Morgan fingerprint density at radius 1 is 1.44 bits per heavy atom. The molecule has 2 rings (SSSR count). The fourth-order valence-electron chi connectivity index (χ4n) is 2.10. The molecule has 1 fully saturated rings. The summed E-state index contributed by atoms with van der Waals surface area (Å²) in [6.07, 6.45) is 0. The second-order valence-electron chi connectivity index (χ2n) is 4.86. The smallest absolute Gasteiger partial charge is 0.223 e. The van der Waals surface area contributed by atoms with Crippen molar-refractivity contribution in [3.63, 3.8) is 0 Å². The van der Waals surface area contributed by atoms with Gasteiger partial charge in [-0.3, -0.25) is 4.79 Å². The number of hydrogen-bond donors (Lipinski definition) is 3. The molecule has 0 spiro atoms. The maximum atomic E-state index is 12.1. The largest absolute Gasteiger partial charge is 0.394 e. The van der Waals surface area contributed by atoms with Crippen molar-refractivity contribution < 1.29 is 9.90 Å². The Hall–Kier alpha value is -1.39. The molecule has 1 heterocycles. The minimum atomic E-state index is -0.311. The summed E-state index contributed by atoms with van der Waals surface area (Å²) in [5.74, 6) is 0.425. The Morgan fingerprint density at radius 2 is 2.11 bits per heavy atom. The van der Waals surface area contributed by atoms with Crippen molar-refractivity contribution in [2.45, 2.75) is 13.0 Å². The molecule has 4 nitrogen and oxygen atoms in total. The number of aliphatic hydroxyl groups excluding tert-OH is 1. The van der Waals surface area contributed by atoms with Crippen LogP contribution in [0, 0.1) is 11.8 Å². The molecule has 1 aromatic rings. The van der Waals surface area contributed by atoms with Crippen LogP contribution in [0.15, 0.2) is 30.3 Å². The molecule has 1 aliphatic heterocycles. The highest BCUT2D eigenvalue weighted by Crippen LogP contribution is 2.18. The molecule has 18 heavy (non-hydrogen) atoms. The minimum Gasteiger partial charge on any atom is -0.394 e. The fourth-order valence-corrected chi connectivity index (χ4v) is 2.10. The summed E-state index contributed by atoms with van der Waals surface area (Å²) in [4.78, 5) is 12.1. The maximum absolute atomic E-state index is 12.1. The van der Waals surface area contributed by atoms with Crippen LogP contribution >= 0.6 is 0 Å². The monoisotopic (exact) mass is 248 g/mol. The SMILES string of the molecule is CC(C(=O)N[C@H](CO)c1ccccc1)C1CNC1. The minimum absolute atomic E-state index is 0.0102. The van der Waals surface area contributed by atoms with Gasteiger partial charge >= 0.3 is 0 Å². The number of amides is 1. The molecule has 0 radical (unpaired) electrons. The quantitative estimate of drug-likeness (QED) is 0.718. The van der Waals surface area contributed by atoms with Gasteiger partial charge in [-0.2, -0.15) is 0 Å². The van der Waals surface area contributed by atoms with E-state index in [-0.39, 0.29) is 24.5 Å². The molecule has 1 aromatic carbocycles. The zero-order valence-electron chi connectivity index (χ0n) is 10.6. The fraction of sp³-hybridized carbons (Fsp3) is 0.500. The van der Waals surface area contributed by atoms with E-state index >= 15 is 0 Å². The normalized spacial score (nSPS) is 18.8. The van der Waals surface area contributed by atoms with Gasteiger partial charge in [-0.1, -0.05) is 37.3 Å². The number of benzene rings is 1. The average molecular weight is 248 g/mol. The number of nitrogens with one attached hydrogen (secondary N) is 2. The van der Waals surface area contributed by atoms with Crippen LogP contribution in [0.25, 0.3) is 0 Å². The standard InChI is InChI=1S/C14H20N2O2/c1-10(12-7-15-8-12)14(18)16-13(9-17)11-5-3-2-4-6-11/h2-6,10,12-13,15,17H,7-9H2,1H3,(H,16,18)/t10?,13-/m1/s1. The second-order valence-corrected chi connectivity index (χ2v) is 4.86. The summed E-state index contributed by atoms with van der Waals surface area (Å²) in [6.45, 7) is 3.68. The van der Waals surface area contributed by atoms with E-state index < -0.39 is 0 Å². The third-order valence-corrected chi connectivity index (χ3v) is 3.63. The molecular weight excluding hydrogens is 228 g/mol. The van der Waals surface area contributed by atoms with E-state index in [2.05, 4.69) is 10.6 Å². The lowest BCUT2D eigenvalue weighted by Crippen LogP contribution is -2.50. The van der Waals surface area contributed by atoms with Crippen LogP contribution < -0.4 is 10.6 Å². The number of rotatable bonds is 5. The van der Waals surface area contributed by atoms with Gasteiger partial charge in [0.05, 0.1) is 12.6 Å². The van der Waals surface area contributed by atoms with Crippen LogP contribution in [-0.2, 0) is 4.79 Å². The van der Waals surface area contributed by atoms with Crippen molar-refractivity contribution in [3.8, 4) is 0 Å². The molecule has 3 N–H and O–H groups in total. The molecule has 1 unspecified atom stereocenters. The van der Waals surface area contributed by atoms with Crippen LogP contribution in [0.5, 0.6) is 0 Å². The highest BCUT2D eigenvalue weighted by molar-refractivity contribution is 5.79. The highest BCUT2D eigenvalue weighted by atomic mass is 16.3. The van der Waals surface area contributed by atoms with Crippen molar-refractivity contribution in [3.05, 3.63) is 35.9 Å². The summed E-state index contributed by atoms with van der Waals surface area (Å²) in [5.41, 5.74) is 0.937. The molecule has 1 aliphatic rings. The summed E-state index contributed by atoms with van der Waals surface area (Å²) in [6, 6.07) is 9.25. The van der Waals surface area contributed by atoms with Gasteiger partial charge < -0.3 is 15.7 Å². The van der Waals surface area contributed by atoms with Crippen molar-refractivity contribution in [1.82, 2.24) is 10.6 Å². The number of hydrogen-bond acceptors (Lipinski definition) is 3. The van der Waals surface area contributed by atoms with E-state index in [1.165, 1.54) is 0 Å². The lowest BCUT2D eigenvalue weighted by Gasteiger charge is -2.32. The molecule has 1 saturated heterocycles. The van der Waals surface area contributed by atoms with E-state index in [9.17, 15) is 9.90 Å². The van der Waals surface area contributed by atoms with Gasteiger partial charge in [-0.15, -0.1) is 0 Å². The number of carbonyl (C=O) groups is 1. The third-order valence-electron chi connectivity index (χ3n) is 3.63. The predicted octanol–water partition coefficient (Wildman–Crippen LogP) is 0.692. The maximum Gasteiger partial charge on any atom is 0.223 e. The zero-order valence-corrected chi connectivity index (χ0v) is 10.6. The van der Waals surface area contributed by atoms with Crippen molar-refractivity contribution >= 4 is 5.91 Å². The summed E-state index contributed by atoms with van der Waals surface area (Å²) in [7, 11) is 0. The van der Waals surface area contributed by atoms with Gasteiger partial charge in [0.2, 0.25) is 5.91 Å². The van der Waals surface area contributed by atoms with E-state index in [0.717, 1.165) is 18.7 Å². The molecule has 98 valence electrons. The van der Waals surface area contributed by atoms with Gasteiger partial charge in [0.1, 0.15) is 0 Å². The van der Waals surface area contributed by atoms with Crippen LogP contribution in [-0.4, -0.2) is 30.7 Å². The first-order chi connectivity index (χ1) is 8.72. The zero-order chi connectivity index (χ0) is 13.0. The van der Waals surface area contributed by atoms with Crippen LogP contribution in [0.1, 0.15) is 18.5 Å². The van der Waals surface area contributed by atoms with E-state index in [4.69, 9.17) is 0 Å². The third kappa shape index (κ3) is 2.89. The number of aliphatic hydroxyl groups is 1. The predicted molar refractivity (Wildman–Crippen MR) is 69.9 cm³/mol. The van der Waals surface area contributed by atoms with Crippen molar-refractivity contribution in [1.29, 1.82) is 0 Å². The highest BCUT2D eigenvalue weighted by Gasteiger charge is 2.29. The summed E-state index contributed by atoms with van der Waals surface area (Å²) >= 11 is 0. The van der Waals surface area contributed by atoms with Crippen LogP contribution in [0.2, 0.25) is 0 Å². The first-order valence-electron chi connectivity index (χ1n) is 6.39. The van der Waals surface area contributed by atoms with Crippen molar-refractivity contribution in [2.75, 3.05) is 19.7 Å². The average Bonchev–Trinajstić information content (AvgIpc) is 2.34. The molecule has 1 amide bonds. The summed E-state index contributed by atoms with van der Waals surface area (Å²) < 4.78 is 0. The van der Waals surface area contributed by atoms with Gasteiger partial charge in [0, 0.05) is 5.92 Å². The van der Waals surface area contributed by atoms with Gasteiger partial charge in [-0.25, -0.2) is 0 Å². The Bertz CT molecular complexity index is 390. The van der Waals surface area contributed by atoms with E-state index in [1.807, 2.05) is 37.3 Å². The van der Waals surface area contributed by atoms with Crippen LogP contribution in [0.3, 0.4) is 0 Å². The Balaban J connectivity index is 1.95. The lowest BCUT2D eigenvalue weighted by molar-refractivity contribution is -0.127. The van der Waals surface area contributed by atoms with Gasteiger partial charge in [-0.05, 0) is 24.6 Å². The molecule has 0 bridgehead atoms. The molecule has 4 heteroatoms. The second kappa shape index (κ2) is 5.98. The molecular formula is C14H20N2O2. The Morgan fingerprint density at radius 3 is 2.61 bits per heavy atom.